The molecule has 1 aromatic carbocycles. The molecule has 0 bridgehead atoms. The fourth-order valence-corrected chi connectivity index (χ4v) is 4.15. The lowest BCUT2D eigenvalue weighted by molar-refractivity contribution is 0.0485. The van der Waals surface area contributed by atoms with E-state index in [1.165, 1.54) is 0 Å². The Hall–Kier alpha value is -3.12. The maximum atomic E-state index is 12.9. The van der Waals surface area contributed by atoms with Gasteiger partial charge in [0.1, 0.15) is 0 Å². The number of likely N-dealkylation sites (tertiary alicyclic amines) is 1. The van der Waals surface area contributed by atoms with Crippen molar-refractivity contribution in [3.63, 3.8) is 0 Å². The zero-order valence-corrected chi connectivity index (χ0v) is 15.4. The molecule has 0 aliphatic carbocycles. The third kappa shape index (κ3) is 2.86. The van der Waals surface area contributed by atoms with Gasteiger partial charge in [-0.05, 0) is 30.7 Å². The number of carbonyl (C=O) groups excluding carboxylic acids is 1. The summed E-state index contributed by atoms with van der Waals surface area (Å²) in [5.41, 5.74) is 3.35. The number of rotatable bonds is 2. The van der Waals surface area contributed by atoms with E-state index in [0.717, 1.165) is 28.8 Å². The molecule has 2 aliphatic heterocycles. The lowest BCUT2D eigenvalue weighted by Crippen LogP contribution is -2.41. The zero-order chi connectivity index (χ0) is 19.0. The fraction of sp³-hybridized carbons (Fsp3) is 0.273. The van der Waals surface area contributed by atoms with Gasteiger partial charge in [0.25, 0.3) is 5.91 Å². The molecule has 1 saturated heterocycles. The van der Waals surface area contributed by atoms with Crippen LogP contribution in [0.4, 0.5) is 0 Å². The third-order valence-electron chi connectivity index (χ3n) is 5.58. The van der Waals surface area contributed by atoms with Crippen LogP contribution in [0.15, 0.2) is 61.1 Å². The van der Waals surface area contributed by atoms with E-state index in [1.54, 1.807) is 12.4 Å². The highest BCUT2D eigenvalue weighted by Gasteiger charge is 2.46. The Balaban J connectivity index is 1.48. The second kappa shape index (κ2) is 6.80. The van der Waals surface area contributed by atoms with Crippen molar-refractivity contribution in [1.82, 2.24) is 19.9 Å². The SMILES string of the molecule is O=C(c1ccccc1)N1CC[C@]2(COCc3cnc(-c4cccnc4)nc32)C1. The molecule has 6 nitrogen and oxygen atoms in total. The Kier molecular flexibility index (Phi) is 4.13. The highest BCUT2D eigenvalue weighted by Crippen LogP contribution is 2.39. The summed E-state index contributed by atoms with van der Waals surface area (Å²) in [6, 6.07) is 13.3. The van der Waals surface area contributed by atoms with Crippen molar-refractivity contribution in [1.29, 1.82) is 0 Å². The molecular formula is C22H20N4O2. The van der Waals surface area contributed by atoms with Gasteiger partial charge in [-0.25, -0.2) is 9.97 Å². The Morgan fingerprint density at radius 2 is 2.00 bits per heavy atom. The van der Waals surface area contributed by atoms with Gasteiger partial charge in [0, 0.05) is 48.4 Å². The van der Waals surface area contributed by atoms with Crippen LogP contribution in [0.2, 0.25) is 0 Å². The summed E-state index contributed by atoms with van der Waals surface area (Å²) < 4.78 is 5.88. The Morgan fingerprint density at radius 1 is 1.11 bits per heavy atom. The Bertz CT molecular complexity index is 1010. The van der Waals surface area contributed by atoms with E-state index < -0.39 is 0 Å². The maximum Gasteiger partial charge on any atom is 0.253 e. The number of carbonyl (C=O) groups is 1. The highest BCUT2D eigenvalue weighted by atomic mass is 16.5. The van der Waals surface area contributed by atoms with E-state index in [4.69, 9.17) is 9.72 Å². The number of aromatic nitrogens is 3. The fourth-order valence-electron chi connectivity index (χ4n) is 4.15. The van der Waals surface area contributed by atoms with Crippen LogP contribution in [0.1, 0.15) is 28.0 Å². The normalized spacial score (nSPS) is 20.9. The molecule has 0 unspecified atom stereocenters. The summed E-state index contributed by atoms with van der Waals surface area (Å²) in [5.74, 6) is 0.729. The largest absolute Gasteiger partial charge is 0.376 e. The average Bonchev–Trinajstić information content (AvgIpc) is 3.19. The van der Waals surface area contributed by atoms with Crippen LogP contribution in [0.5, 0.6) is 0 Å². The van der Waals surface area contributed by atoms with Gasteiger partial charge >= 0.3 is 0 Å². The van der Waals surface area contributed by atoms with Crippen LogP contribution < -0.4 is 0 Å². The molecule has 1 spiro atoms. The lowest BCUT2D eigenvalue weighted by atomic mass is 9.80. The summed E-state index contributed by atoms with van der Waals surface area (Å²) >= 11 is 0. The molecule has 4 heterocycles. The quantitative estimate of drug-likeness (QED) is 0.692. The molecule has 1 fully saturated rings. The summed E-state index contributed by atoms with van der Waals surface area (Å²) in [5, 5.41) is 0. The van der Waals surface area contributed by atoms with Gasteiger partial charge in [0.05, 0.1) is 24.3 Å². The van der Waals surface area contributed by atoms with Gasteiger partial charge in [0.15, 0.2) is 5.82 Å². The number of amides is 1. The zero-order valence-electron chi connectivity index (χ0n) is 15.4. The van der Waals surface area contributed by atoms with Crippen LogP contribution >= 0.6 is 0 Å². The second-order valence-electron chi connectivity index (χ2n) is 7.43. The van der Waals surface area contributed by atoms with E-state index >= 15 is 0 Å². The molecule has 1 amide bonds. The molecule has 1 atom stereocenters. The minimum absolute atomic E-state index is 0.0612. The summed E-state index contributed by atoms with van der Waals surface area (Å²) in [4.78, 5) is 28.4. The van der Waals surface area contributed by atoms with Crippen LogP contribution in [-0.2, 0) is 16.8 Å². The van der Waals surface area contributed by atoms with E-state index in [2.05, 4.69) is 9.97 Å². The van der Waals surface area contributed by atoms with Gasteiger partial charge in [-0.1, -0.05) is 18.2 Å². The molecule has 6 heteroatoms. The van der Waals surface area contributed by atoms with Gasteiger partial charge in [-0.15, -0.1) is 0 Å². The highest BCUT2D eigenvalue weighted by molar-refractivity contribution is 5.94. The van der Waals surface area contributed by atoms with Crippen LogP contribution in [0, 0.1) is 0 Å². The van der Waals surface area contributed by atoms with Crippen LogP contribution in [0.25, 0.3) is 11.4 Å². The summed E-state index contributed by atoms with van der Waals surface area (Å²) in [6.07, 6.45) is 6.20. The number of hydrogen-bond acceptors (Lipinski definition) is 5. The number of pyridine rings is 1. The number of fused-ring (bicyclic) bond motifs is 2. The molecule has 140 valence electrons. The number of ether oxygens (including phenoxy) is 1. The predicted molar refractivity (Wildman–Crippen MR) is 104 cm³/mol. The third-order valence-corrected chi connectivity index (χ3v) is 5.58. The second-order valence-corrected chi connectivity index (χ2v) is 7.43. The van der Waals surface area contributed by atoms with Gasteiger partial charge in [0.2, 0.25) is 0 Å². The predicted octanol–water partition coefficient (Wildman–Crippen LogP) is 2.85. The van der Waals surface area contributed by atoms with Crippen molar-refractivity contribution in [3.05, 3.63) is 77.9 Å². The lowest BCUT2D eigenvalue weighted by Gasteiger charge is -2.34. The molecule has 0 N–H and O–H groups in total. The standard InChI is InChI=1S/C22H20N4O2/c27-21(16-5-2-1-3-6-16)26-10-8-22(14-26)15-28-13-18-12-24-20(25-19(18)22)17-7-4-9-23-11-17/h1-7,9,11-12H,8,10,13-15H2/t22-/m1/s1. The first kappa shape index (κ1) is 17.0. The average molecular weight is 372 g/mol. The molecule has 0 radical (unpaired) electrons. The minimum atomic E-state index is -0.280. The first-order valence-corrected chi connectivity index (χ1v) is 9.44. The van der Waals surface area contributed by atoms with Crippen molar-refractivity contribution in [2.45, 2.75) is 18.4 Å². The topological polar surface area (TPSA) is 68.2 Å². The maximum absolute atomic E-state index is 12.9. The van der Waals surface area contributed by atoms with Crippen LogP contribution in [-0.4, -0.2) is 45.5 Å². The minimum Gasteiger partial charge on any atom is -0.376 e. The van der Waals surface area contributed by atoms with E-state index in [-0.39, 0.29) is 11.3 Å². The van der Waals surface area contributed by atoms with E-state index in [0.29, 0.717) is 32.1 Å². The number of nitrogens with zero attached hydrogens (tertiary/aromatic N) is 4. The van der Waals surface area contributed by atoms with Gasteiger partial charge in [-0.3, -0.25) is 9.78 Å². The van der Waals surface area contributed by atoms with Crippen molar-refractivity contribution in [2.75, 3.05) is 19.7 Å². The van der Waals surface area contributed by atoms with Gasteiger partial charge in [-0.2, -0.15) is 0 Å². The summed E-state index contributed by atoms with van der Waals surface area (Å²) in [6.45, 7) is 2.39. The Labute approximate surface area is 163 Å². The Morgan fingerprint density at radius 3 is 2.82 bits per heavy atom. The van der Waals surface area contributed by atoms with E-state index in [1.807, 2.05) is 53.6 Å². The number of benzene rings is 1. The van der Waals surface area contributed by atoms with Crippen molar-refractivity contribution in [3.8, 4) is 11.4 Å². The molecular weight excluding hydrogens is 352 g/mol. The molecule has 0 saturated carbocycles. The van der Waals surface area contributed by atoms with Crippen LogP contribution in [0.3, 0.4) is 0 Å². The number of hydrogen-bond donors (Lipinski definition) is 0. The van der Waals surface area contributed by atoms with Crippen molar-refractivity contribution < 1.29 is 9.53 Å². The molecule has 2 aromatic heterocycles. The molecule has 5 rings (SSSR count). The molecule has 2 aliphatic rings. The van der Waals surface area contributed by atoms with Gasteiger partial charge < -0.3 is 9.64 Å². The first-order chi connectivity index (χ1) is 13.8. The van der Waals surface area contributed by atoms with E-state index in [9.17, 15) is 4.79 Å². The monoisotopic (exact) mass is 372 g/mol. The molecule has 3 aromatic rings. The molecule has 28 heavy (non-hydrogen) atoms. The first-order valence-electron chi connectivity index (χ1n) is 9.44. The van der Waals surface area contributed by atoms with Crippen molar-refractivity contribution in [2.24, 2.45) is 0 Å². The smallest absolute Gasteiger partial charge is 0.253 e. The van der Waals surface area contributed by atoms with Crippen molar-refractivity contribution >= 4 is 5.91 Å². The summed E-state index contributed by atoms with van der Waals surface area (Å²) in [7, 11) is 0.